The summed E-state index contributed by atoms with van der Waals surface area (Å²) in [6, 6.07) is 50.9. The van der Waals surface area contributed by atoms with E-state index in [0.29, 0.717) is 5.84 Å². The van der Waals surface area contributed by atoms with Gasteiger partial charge in [-0.2, -0.15) is 0 Å². The lowest BCUT2D eigenvalue weighted by molar-refractivity contribution is 0.667. The summed E-state index contributed by atoms with van der Waals surface area (Å²) in [7, 11) is 0. The smallest absolute Gasteiger partial charge is 0.159 e. The number of hydrogen-bond donors (Lipinski definition) is 1. The zero-order valence-electron chi connectivity index (χ0n) is 26.3. The molecule has 0 amide bonds. The molecule has 9 aromatic rings. The number of aromatic nitrogens is 1. The molecule has 0 aliphatic carbocycles. The van der Waals surface area contributed by atoms with Crippen LogP contribution in [0.15, 0.2) is 172 Å². The molecule has 0 spiro atoms. The van der Waals surface area contributed by atoms with Gasteiger partial charge in [0.2, 0.25) is 0 Å². The lowest BCUT2D eigenvalue weighted by atomic mass is 9.89. The molecule has 5 heteroatoms. The number of nitrogens with zero attached hydrogens (tertiary/aromatic N) is 3. The number of nitrogens with one attached hydrogen (secondary N) is 1. The first-order valence-electron chi connectivity index (χ1n) is 16.5. The van der Waals surface area contributed by atoms with Crippen molar-refractivity contribution in [3.8, 4) is 11.1 Å². The predicted octanol–water partition coefficient (Wildman–Crippen LogP) is 10.6. The lowest BCUT2D eigenvalue weighted by Gasteiger charge is -2.24. The van der Waals surface area contributed by atoms with Gasteiger partial charge >= 0.3 is 0 Å². The summed E-state index contributed by atoms with van der Waals surface area (Å²) in [5, 5.41) is 13.0. The van der Waals surface area contributed by atoms with Crippen molar-refractivity contribution in [3.05, 3.63) is 175 Å². The summed E-state index contributed by atoms with van der Waals surface area (Å²) in [6.45, 7) is 0. The second-order valence-electron chi connectivity index (χ2n) is 12.4. The van der Waals surface area contributed by atoms with E-state index in [-0.39, 0.29) is 6.17 Å². The molecule has 0 saturated heterocycles. The first-order valence-corrected chi connectivity index (χ1v) is 16.5. The molecular formula is C44H28N4O. The largest absolute Gasteiger partial charge is 0.454 e. The first-order chi connectivity index (χ1) is 24.3. The monoisotopic (exact) mass is 628 g/mol. The Morgan fingerprint density at radius 3 is 2.12 bits per heavy atom. The first kappa shape index (κ1) is 27.5. The highest BCUT2D eigenvalue weighted by Gasteiger charge is 2.26. The maximum Gasteiger partial charge on any atom is 0.159 e. The average molecular weight is 629 g/mol. The molecule has 230 valence electrons. The van der Waals surface area contributed by atoms with Crippen LogP contribution in [-0.2, 0) is 0 Å². The van der Waals surface area contributed by atoms with E-state index in [0.717, 1.165) is 55.6 Å². The molecule has 10 rings (SSSR count). The van der Waals surface area contributed by atoms with E-state index in [1.54, 1.807) is 6.20 Å². The van der Waals surface area contributed by atoms with Gasteiger partial charge in [-0.1, -0.05) is 121 Å². The molecule has 1 aliphatic rings. The second kappa shape index (κ2) is 11.0. The number of rotatable bonds is 4. The van der Waals surface area contributed by atoms with E-state index in [2.05, 4.69) is 113 Å². The fourth-order valence-corrected chi connectivity index (χ4v) is 7.35. The Morgan fingerprint density at radius 1 is 0.551 bits per heavy atom. The average Bonchev–Trinajstić information content (AvgIpc) is 3.57. The SMILES string of the molecule is c1ccc(C2=NC(c3ccccc3)NC(c3ccc(-c4cc5ccc6ccccc6c5c5ccccc45)c4oc5cnccc5c34)=N2)cc1. The Labute approximate surface area is 281 Å². The van der Waals surface area contributed by atoms with Gasteiger partial charge < -0.3 is 9.73 Å². The van der Waals surface area contributed by atoms with Crippen LogP contribution in [0.1, 0.15) is 22.9 Å². The molecule has 1 atom stereocenters. The molecule has 0 saturated carbocycles. The van der Waals surface area contributed by atoms with E-state index in [9.17, 15) is 0 Å². The minimum atomic E-state index is -0.308. The van der Waals surface area contributed by atoms with Crippen LogP contribution >= 0.6 is 0 Å². The van der Waals surface area contributed by atoms with Gasteiger partial charge in [0.05, 0.1) is 6.20 Å². The molecule has 7 aromatic carbocycles. The van der Waals surface area contributed by atoms with Crippen LogP contribution in [0.5, 0.6) is 0 Å². The number of furan rings is 1. The van der Waals surface area contributed by atoms with Crippen LogP contribution in [-0.4, -0.2) is 16.7 Å². The Bertz CT molecular complexity index is 2800. The number of aliphatic imine (C=N–C) groups is 2. The molecule has 0 fully saturated rings. The molecule has 1 aliphatic heterocycles. The minimum absolute atomic E-state index is 0.308. The molecule has 1 N–H and O–H groups in total. The maximum absolute atomic E-state index is 6.75. The van der Waals surface area contributed by atoms with Gasteiger partial charge in [0, 0.05) is 33.7 Å². The van der Waals surface area contributed by atoms with Crippen molar-refractivity contribution in [2.24, 2.45) is 9.98 Å². The fourth-order valence-electron chi connectivity index (χ4n) is 7.35. The van der Waals surface area contributed by atoms with Crippen molar-refractivity contribution in [1.82, 2.24) is 10.3 Å². The standard InChI is InChI=1S/C44H28N4O/c1-3-12-28(13-4-1)42-46-43(29-14-5-2-6-15-29)48-44(47-42)36-22-21-34(41-40(36)35-23-24-45-26-38(35)49-41)37-25-30-20-19-27-11-7-8-16-31(27)39(30)33-18-10-9-17-32(33)37/h1-26,42H,(H,46,47,48). The molecule has 2 aromatic heterocycles. The van der Waals surface area contributed by atoms with E-state index < -0.39 is 0 Å². The van der Waals surface area contributed by atoms with E-state index in [1.165, 1.54) is 32.3 Å². The Kier molecular flexibility index (Phi) is 6.18. The summed E-state index contributed by atoms with van der Waals surface area (Å²) in [5.41, 5.74) is 6.65. The molecule has 3 heterocycles. The third-order valence-electron chi connectivity index (χ3n) is 9.61. The van der Waals surface area contributed by atoms with Gasteiger partial charge in [0.1, 0.15) is 17.6 Å². The Morgan fingerprint density at radius 2 is 1.27 bits per heavy atom. The van der Waals surface area contributed by atoms with Crippen molar-refractivity contribution in [2.45, 2.75) is 6.17 Å². The molecule has 0 radical (unpaired) electrons. The number of hydrogen-bond acceptors (Lipinski definition) is 5. The van der Waals surface area contributed by atoms with Crippen molar-refractivity contribution in [2.75, 3.05) is 0 Å². The molecule has 0 bridgehead atoms. The highest BCUT2D eigenvalue weighted by molar-refractivity contribution is 6.27. The number of pyridine rings is 1. The second-order valence-corrected chi connectivity index (χ2v) is 12.4. The highest BCUT2D eigenvalue weighted by Crippen LogP contribution is 2.43. The van der Waals surface area contributed by atoms with E-state index >= 15 is 0 Å². The highest BCUT2D eigenvalue weighted by atomic mass is 16.3. The fraction of sp³-hybridized carbons (Fsp3) is 0.0227. The summed E-state index contributed by atoms with van der Waals surface area (Å²) in [4.78, 5) is 14.6. The molecule has 1 unspecified atom stereocenters. The van der Waals surface area contributed by atoms with Crippen molar-refractivity contribution < 1.29 is 4.42 Å². The van der Waals surface area contributed by atoms with Crippen LogP contribution in [0.4, 0.5) is 0 Å². The van der Waals surface area contributed by atoms with Crippen LogP contribution < -0.4 is 5.32 Å². The van der Waals surface area contributed by atoms with Crippen LogP contribution in [0, 0.1) is 0 Å². The predicted molar refractivity (Wildman–Crippen MR) is 201 cm³/mol. The van der Waals surface area contributed by atoms with Crippen molar-refractivity contribution >= 4 is 65.9 Å². The zero-order valence-corrected chi connectivity index (χ0v) is 26.3. The quantitative estimate of drug-likeness (QED) is 0.197. The molecular weight excluding hydrogens is 601 g/mol. The molecule has 49 heavy (non-hydrogen) atoms. The van der Waals surface area contributed by atoms with Gasteiger partial charge in [-0.25, -0.2) is 9.98 Å². The summed E-state index contributed by atoms with van der Waals surface area (Å²) >= 11 is 0. The van der Waals surface area contributed by atoms with Crippen LogP contribution in [0.3, 0.4) is 0 Å². The van der Waals surface area contributed by atoms with Crippen LogP contribution in [0.2, 0.25) is 0 Å². The van der Waals surface area contributed by atoms with E-state index in [1.807, 2.05) is 48.7 Å². The number of fused-ring (bicyclic) bond motifs is 8. The van der Waals surface area contributed by atoms with Crippen molar-refractivity contribution in [1.29, 1.82) is 0 Å². The lowest BCUT2D eigenvalue weighted by Crippen LogP contribution is -2.33. The van der Waals surface area contributed by atoms with Gasteiger partial charge in [-0.15, -0.1) is 0 Å². The molecule has 5 nitrogen and oxygen atoms in total. The summed E-state index contributed by atoms with van der Waals surface area (Å²) in [6.07, 6.45) is 3.31. The third kappa shape index (κ3) is 4.44. The minimum Gasteiger partial charge on any atom is -0.454 e. The Balaban J connectivity index is 1.23. The third-order valence-corrected chi connectivity index (χ3v) is 9.61. The van der Waals surface area contributed by atoms with Gasteiger partial charge in [0.15, 0.2) is 11.4 Å². The topological polar surface area (TPSA) is 62.8 Å². The zero-order chi connectivity index (χ0) is 32.3. The van der Waals surface area contributed by atoms with Gasteiger partial charge in [-0.05, 0) is 67.7 Å². The number of benzene rings is 7. The normalized spacial score (nSPS) is 14.7. The summed E-state index contributed by atoms with van der Waals surface area (Å²) < 4.78 is 6.75. The van der Waals surface area contributed by atoms with Crippen LogP contribution in [0.25, 0.3) is 65.4 Å². The van der Waals surface area contributed by atoms with Crippen molar-refractivity contribution in [3.63, 3.8) is 0 Å². The van der Waals surface area contributed by atoms with Gasteiger partial charge in [-0.3, -0.25) is 4.98 Å². The number of amidine groups is 2. The Hall–Kier alpha value is -6.59. The maximum atomic E-state index is 6.75. The van der Waals surface area contributed by atoms with E-state index in [4.69, 9.17) is 14.4 Å². The summed E-state index contributed by atoms with van der Waals surface area (Å²) in [5.74, 6) is 1.43. The van der Waals surface area contributed by atoms with Gasteiger partial charge in [0.25, 0.3) is 0 Å².